The maximum absolute atomic E-state index is 13.8. The normalized spacial score (nSPS) is 12.5. The summed E-state index contributed by atoms with van der Waals surface area (Å²) >= 11 is 0. The summed E-state index contributed by atoms with van der Waals surface area (Å²) in [6.45, 7) is 4.24. The van der Waals surface area contributed by atoms with Gasteiger partial charge in [0.15, 0.2) is 11.6 Å². The quantitative estimate of drug-likeness (QED) is 0.920. The zero-order valence-corrected chi connectivity index (χ0v) is 11.4. The highest BCUT2D eigenvalue weighted by Crippen LogP contribution is 2.24. The molecule has 0 saturated carbocycles. The van der Waals surface area contributed by atoms with E-state index in [1.165, 1.54) is 13.2 Å². The number of ether oxygens (including phenoxy) is 1. The van der Waals surface area contributed by atoms with Crippen LogP contribution in [0.4, 0.5) is 4.39 Å². The first-order chi connectivity index (χ1) is 9.06. The Morgan fingerprint density at radius 2 is 2.11 bits per heavy atom. The van der Waals surface area contributed by atoms with Crippen molar-refractivity contribution in [3.63, 3.8) is 0 Å². The minimum atomic E-state index is -0.389. The van der Waals surface area contributed by atoms with Crippen LogP contribution in [-0.4, -0.2) is 23.4 Å². The van der Waals surface area contributed by atoms with Crippen LogP contribution in [-0.2, 0) is 0 Å². The number of methoxy groups -OCH3 is 1. The van der Waals surface area contributed by atoms with Crippen LogP contribution >= 0.6 is 0 Å². The van der Waals surface area contributed by atoms with Gasteiger partial charge in [-0.2, -0.15) is 5.10 Å². The van der Waals surface area contributed by atoms with Crippen LogP contribution in [0.1, 0.15) is 23.0 Å². The molecule has 0 fully saturated rings. The molecule has 0 aliphatic rings. The maximum Gasteiger partial charge on any atom is 0.165 e. The third-order valence-electron chi connectivity index (χ3n) is 3.12. The summed E-state index contributed by atoms with van der Waals surface area (Å²) in [5.74, 6) is -0.159. The smallest absolute Gasteiger partial charge is 0.165 e. The molecule has 1 atom stereocenters. The van der Waals surface area contributed by atoms with Gasteiger partial charge < -0.3 is 10.5 Å². The van der Waals surface area contributed by atoms with Gasteiger partial charge in [0.25, 0.3) is 0 Å². The van der Waals surface area contributed by atoms with E-state index in [4.69, 9.17) is 10.5 Å². The Hall–Kier alpha value is -1.88. The highest BCUT2D eigenvalue weighted by Gasteiger charge is 2.17. The molecule has 4 nitrogen and oxygen atoms in total. The lowest BCUT2D eigenvalue weighted by molar-refractivity contribution is 0.385. The first kappa shape index (κ1) is 13.5. The molecule has 0 amide bonds. The van der Waals surface area contributed by atoms with Gasteiger partial charge in [0.1, 0.15) is 0 Å². The van der Waals surface area contributed by atoms with Crippen molar-refractivity contribution in [2.75, 3.05) is 13.7 Å². The summed E-state index contributed by atoms with van der Waals surface area (Å²) in [6.07, 6.45) is 0. The number of aryl methyl sites for hydroxylation is 2. The van der Waals surface area contributed by atoms with Gasteiger partial charge in [-0.1, -0.05) is 6.07 Å². The van der Waals surface area contributed by atoms with Crippen LogP contribution in [0.2, 0.25) is 0 Å². The second-order valence-electron chi connectivity index (χ2n) is 4.52. The van der Waals surface area contributed by atoms with Crippen LogP contribution in [0.25, 0.3) is 0 Å². The van der Waals surface area contributed by atoms with Crippen molar-refractivity contribution in [3.05, 3.63) is 47.0 Å². The Balaban J connectivity index is 2.42. The van der Waals surface area contributed by atoms with E-state index in [2.05, 4.69) is 5.10 Å². The fraction of sp³-hybridized carbons (Fsp3) is 0.357. The van der Waals surface area contributed by atoms with Crippen LogP contribution in [0.15, 0.2) is 24.3 Å². The molecule has 1 aromatic carbocycles. The number of hydrogen-bond donors (Lipinski definition) is 1. The van der Waals surface area contributed by atoms with Crippen LogP contribution in [0.3, 0.4) is 0 Å². The molecule has 0 aliphatic carbocycles. The van der Waals surface area contributed by atoms with Crippen molar-refractivity contribution >= 4 is 0 Å². The number of rotatable bonds is 4. The molecular weight excluding hydrogens is 245 g/mol. The van der Waals surface area contributed by atoms with Gasteiger partial charge in [-0.25, -0.2) is 4.39 Å². The molecule has 1 heterocycles. The fourth-order valence-corrected chi connectivity index (χ4v) is 2.23. The maximum atomic E-state index is 13.8. The van der Waals surface area contributed by atoms with Crippen molar-refractivity contribution in [1.82, 2.24) is 9.78 Å². The largest absolute Gasteiger partial charge is 0.494 e. The van der Waals surface area contributed by atoms with E-state index in [1.807, 2.05) is 30.7 Å². The number of aromatic nitrogens is 2. The molecule has 0 saturated heterocycles. The summed E-state index contributed by atoms with van der Waals surface area (Å²) in [5, 5.41) is 4.41. The number of hydrogen-bond acceptors (Lipinski definition) is 3. The van der Waals surface area contributed by atoms with Crippen molar-refractivity contribution in [1.29, 1.82) is 0 Å². The average Bonchev–Trinajstić information content (AvgIpc) is 2.70. The molecule has 0 aliphatic heterocycles. The van der Waals surface area contributed by atoms with Gasteiger partial charge in [-0.05, 0) is 37.6 Å². The van der Waals surface area contributed by atoms with E-state index in [0.717, 1.165) is 17.0 Å². The second kappa shape index (κ2) is 5.40. The number of halogens is 1. The van der Waals surface area contributed by atoms with E-state index in [1.54, 1.807) is 6.07 Å². The van der Waals surface area contributed by atoms with Gasteiger partial charge in [0.2, 0.25) is 0 Å². The van der Waals surface area contributed by atoms with Gasteiger partial charge in [-0.3, -0.25) is 4.68 Å². The highest BCUT2D eigenvalue weighted by atomic mass is 19.1. The Morgan fingerprint density at radius 3 is 2.58 bits per heavy atom. The third kappa shape index (κ3) is 2.61. The monoisotopic (exact) mass is 263 g/mol. The first-order valence-electron chi connectivity index (χ1n) is 6.13. The SMILES string of the molecule is COc1ccc(C(CN)n2nc(C)cc2C)cc1F. The molecule has 19 heavy (non-hydrogen) atoms. The predicted octanol–water partition coefficient (Wildman–Crippen LogP) is 2.20. The van der Waals surface area contributed by atoms with Crippen molar-refractivity contribution in [2.45, 2.75) is 19.9 Å². The molecule has 2 aromatic rings. The van der Waals surface area contributed by atoms with Gasteiger partial charge in [-0.15, -0.1) is 0 Å². The molecule has 0 radical (unpaired) electrons. The Kier molecular flexibility index (Phi) is 3.85. The standard InChI is InChI=1S/C14H18FN3O/c1-9-6-10(2)18(17-9)13(8-16)11-4-5-14(19-3)12(15)7-11/h4-7,13H,8,16H2,1-3H3. The first-order valence-corrected chi connectivity index (χ1v) is 6.13. The van der Waals surface area contributed by atoms with Gasteiger partial charge >= 0.3 is 0 Å². The molecule has 0 spiro atoms. The zero-order valence-electron chi connectivity index (χ0n) is 11.4. The topological polar surface area (TPSA) is 53.1 Å². The Morgan fingerprint density at radius 1 is 1.37 bits per heavy atom. The Bertz CT molecular complexity index is 580. The van der Waals surface area contributed by atoms with Crippen molar-refractivity contribution in [3.8, 4) is 5.75 Å². The summed E-state index contributed by atoms with van der Waals surface area (Å²) in [4.78, 5) is 0. The summed E-state index contributed by atoms with van der Waals surface area (Å²) in [6, 6.07) is 6.68. The highest BCUT2D eigenvalue weighted by molar-refractivity contribution is 5.32. The lowest BCUT2D eigenvalue weighted by atomic mass is 10.1. The van der Waals surface area contributed by atoms with Crippen LogP contribution in [0.5, 0.6) is 5.75 Å². The molecular formula is C14H18FN3O. The second-order valence-corrected chi connectivity index (χ2v) is 4.52. The van der Waals surface area contributed by atoms with Gasteiger partial charge in [0.05, 0.1) is 18.8 Å². The number of nitrogens with two attached hydrogens (primary N) is 1. The zero-order chi connectivity index (χ0) is 14.0. The molecule has 102 valence electrons. The van der Waals surface area contributed by atoms with E-state index < -0.39 is 0 Å². The molecule has 5 heteroatoms. The van der Waals surface area contributed by atoms with Gasteiger partial charge in [0, 0.05) is 12.2 Å². The van der Waals surface area contributed by atoms with Crippen molar-refractivity contribution < 1.29 is 9.13 Å². The summed E-state index contributed by atoms with van der Waals surface area (Å²) < 4.78 is 20.5. The average molecular weight is 263 g/mol. The Labute approximate surface area is 112 Å². The van der Waals surface area contributed by atoms with E-state index >= 15 is 0 Å². The minimum Gasteiger partial charge on any atom is -0.494 e. The molecule has 2 rings (SSSR count). The lowest BCUT2D eigenvalue weighted by Crippen LogP contribution is -2.22. The number of benzene rings is 1. The van der Waals surface area contributed by atoms with Crippen LogP contribution < -0.4 is 10.5 Å². The van der Waals surface area contributed by atoms with Crippen LogP contribution in [0, 0.1) is 19.7 Å². The predicted molar refractivity (Wildman–Crippen MR) is 71.8 cm³/mol. The molecule has 2 N–H and O–H groups in total. The third-order valence-corrected chi connectivity index (χ3v) is 3.12. The summed E-state index contributed by atoms with van der Waals surface area (Å²) in [7, 11) is 1.44. The molecule has 0 bridgehead atoms. The lowest BCUT2D eigenvalue weighted by Gasteiger charge is -2.18. The fourth-order valence-electron chi connectivity index (χ4n) is 2.23. The van der Waals surface area contributed by atoms with Crippen molar-refractivity contribution in [2.24, 2.45) is 5.73 Å². The van der Waals surface area contributed by atoms with E-state index in [0.29, 0.717) is 6.54 Å². The number of nitrogens with zero attached hydrogens (tertiary/aromatic N) is 2. The summed E-state index contributed by atoms with van der Waals surface area (Å²) in [5.41, 5.74) is 8.53. The minimum absolute atomic E-state index is 0.172. The molecule has 1 aromatic heterocycles. The van der Waals surface area contributed by atoms with E-state index in [9.17, 15) is 4.39 Å². The molecule has 1 unspecified atom stereocenters. The van der Waals surface area contributed by atoms with E-state index in [-0.39, 0.29) is 17.6 Å².